The van der Waals surface area contributed by atoms with Crippen LogP contribution in [-0.2, 0) is 4.79 Å². The van der Waals surface area contributed by atoms with Crippen molar-refractivity contribution in [2.45, 2.75) is 32.6 Å². The van der Waals surface area contributed by atoms with Crippen LogP contribution < -0.4 is 14.8 Å². The number of aromatic nitrogens is 1. The Morgan fingerprint density at radius 2 is 1.79 bits per heavy atom. The minimum absolute atomic E-state index is 0.0711. The van der Waals surface area contributed by atoms with Crippen molar-refractivity contribution in [3.8, 4) is 11.5 Å². The van der Waals surface area contributed by atoms with E-state index in [2.05, 4.69) is 17.2 Å². The molecule has 7 heteroatoms. The van der Waals surface area contributed by atoms with Gasteiger partial charge in [-0.3, -0.25) is 4.79 Å². The van der Waals surface area contributed by atoms with Gasteiger partial charge in [-0.1, -0.05) is 36.3 Å². The molecule has 0 aliphatic carbocycles. The number of thiazole rings is 1. The lowest BCUT2D eigenvalue weighted by molar-refractivity contribution is -0.116. The maximum absolute atomic E-state index is 12.1. The van der Waals surface area contributed by atoms with Gasteiger partial charge in [0.05, 0.1) is 23.4 Å². The summed E-state index contributed by atoms with van der Waals surface area (Å²) in [5.41, 5.74) is 0.856. The summed E-state index contributed by atoms with van der Waals surface area (Å²) < 4.78 is 12.3. The van der Waals surface area contributed by atoms with Crippen LogP contribution in [0.3, 0.4) is 0 Å². The van der Waals surface area contributed by atoms with Gasteiger partial charge in [-0.05, 0) is 55.3 Å². The average molecular weight is 419 g/mol. The highest BCUT2D eigenvalue weighted by Gasteiger charge is 2.09. The van der Waals surface area contributed by atoms with Crippen LogP contribution in [0.15, 0.2) is 42.5 Å². The summed E-state index contributed by atoms with van der Waals surface area (Å²) in [5, 5.41) is 4.13. The third-order valence-corrected chi connectivity index (χ3v) is 5.19. The maximum Gasteiger partial charge on any atom is 0.226 e. The Bertz CT molecular complexity index is 912. The standard InChI is InChI=1S/C21H23ClN2O3S/c1-2-3-12-27-17-10-11-18-19(14-17)28-21(23-18)24-20(25)5-4-13-26-16-8-6-15(22)7-9-16/h6-11,14H,2-5,12-13H2,1H3,(H,23,24,25). The highest BCUT2D eigenvalue weighted by Crippen LogP contribution is 2.29. The van der Waals surface area contributed by atoms with Crippen molar-refractivity contribution >= 4 is 44.2 Å². The molecule has 0 saturated carbocycles. The molecular formula is C21H23ClN2O3S. The molecule has 1 heterocycles. The first-order chi connectivity index (χ1) is 13.6. The van der Waals surface area contributed by atoms with Gasteiger partial charge >= 0.3 is 0 Å². The summed E-state index contributed by atoms with van der Waals surface area (Å²) in [5.74, 6) is 1.51. The number of carbonyl (C=O) groups excluding carboxylic acids is 1. The Labute approximate surface area is 173 Å². The van der Waals surface area contributed by atoms with Crippen LogP contribution >= 0.6 is 22.9 Å². The lowest BCUT2D eigenvalue weighted by Crippen LogP contribution is -2.12. The fourth-order valence-corrected chi connectivity index (χ4v) is 3.55. The van der Waals surface area contributed by atoms with Crippen molar-refractivity contribution < 1.29 is 14.3 Å². The van der Waals surface area contributed by atoms with Gasteiger partial charge in [0.15, 0.2) is 5.13 Å². The third-order valence-electron chi connectivity index (χ3n) is 4.00. The van der Waals surface area contributed by atoms with Gasteiger partial charge in [0.25, 0.3) is 0 Å². The highest BCUT2D eigenvalue weighted by atomic mass is 35.5. The summed E-state index contributed by atoms with van der Waals surface area (Å²) in [6, 6.07) is 13.0. The highest BCUT2D eigenvalue weighted by molar-refractivity contribution is 7.22. The molecule has 0 unspecified atom stereocenters. The first-order valence-corrected chi connectivity index (χ1v) is 10.5. The Morgan fingerprint density at radius 1 is 1.07 bits per heavy atom. The molecule has 148 valence electrons. The van der Waals surface area contributed by atoms with Crippen molar-refractivity contribution in [1.82, 2.24) is 4.98 Å². The van der Waals surface area contributed by atoms with Crippen LogP contribution in [0.1, 0.15) is 32.6 Å². The SMILES string of the molecule is CCCCOc1ccc2nc(NC(=O)CCCOc3ccc(Cl)cc3)sc2c1. The zero-order chi connectivity index (χ0) is 19.8. The second kappa shape index (κ2) is 10.3. The number of nitrogens with one attached hydrogen (secondary N) is 1. The van der Waals surface area contributed by atoms with E-state index in [0.717, 1.165) is 34.6 Å². The maximum atomic E-state index is 12.1. The summed E-state index contributed by atoms with van der Waals surface area (Å²) in [6.07, 6.45) is 3.12. The number of amides is 1. The molecule has 3 aromatic rings. The van der Waals surface area contributed by atoms with E-state index in [9.17, 15) is 4.79 Å². The molecule has 1 aromatic heterocycles. The quantitative estimate of drug-likeness (QED) is 0.415. The topological polar surface area (TPSA) is 60.5 Å². The monoisotopic (exact) mass is 418 g/mol. The molecule has 1 amide bonds. The summed E-state index contributed by atoms with van der Waals surface area (Å²) >= 11 is 7.29. The Hall–Kier alpha value is -2.31. The second-order valence-electron chi connectivity index (χ2n) is 6.30. The van der Waals surface area contributed by atoms with Crippen molar-refractivity contribution in [2.24, 2.45) is 0 Å². The molecular weight excluding hydrogens is 396 g/mol. The van der Waals surface area contributed by atoms with E-state index >= 15 is 0 Å². The molecule has 0 saturated heterocycles. The molecule has 0 aliphatic rings. The minimum Gasteiger partial charge on any atom is -0.494 e. The van der Waals surface area contributed by atoms with E-state index in [0.29, 0.717) is 36.2 Å². The molecule has 0 radical (unpaired) electrons. The fraction of sp³-hybridized carbons (Fsp3) is 0.333. The zero-order valence-corrected chi connectivity index (χ0v) is 17.3. The van der Waals surface area contributed by atoms with Gasteiger partial charge in [0.1, 0.15) is 11.5 Å². The van der Waals surface area contributed by atoms with E-state index < -0.39 is 0 Å². The van der Waals surface area contributed by atoms with Crippen molar-refractivity contribution in [1.29, 1.82) is 0 Å². The van der Waals surface area contributed by atoms with Crippen molar-refractivity contribution in [3.05, 3.63) is 47.5 Å². The molecule has 0 bridgehead atoms. The van der Waals surface area contributed by atoms with Gasteiger partial charge in [-0.2, -0.15) is 0 Å². The van der Waals surface area contributed by atoms with Crippen LogP contribution in [0.5, 0.6) is 11.5 Å². The van der Waals surface area contributed by atoms with Crippen molar-refractivity contribution in [2.75, 3.05) is 18.5 Å². The number of benzene rings is 2. The number of hydrogen-bond acceptors (Lipinski definition) is 5. The van der Waals surface area contributed by atoms with Gasteiger partial charge in [0, 0.05) is 11.4 Å². The van der Waals surface area contributed by atoms with Crippen LogP contribution in [0.25, 0.3) is 10.2 Å². The fourth-order valence-electron chi connectivity index (χ4n) is 2.52. The number of unbranched alkanes of at least 4 members (excludes halogenated alkanes) is 1. The number of ether oxygens (including phenoxy) is 2. The molecule has 0 fully saturated rings. The number of halogens is 1. The number of hydrogen-bond donors (Lipinski definition) is 1. The number of carbonyl (C=O) groups is 1. The molecule has 2 aromatic carbocycles. The van der Waals surface area contributed by atoms with Crippen LogP contribution in [0, 0.1) is 0 Å². The largest absolute Gasteiger partial charge is 0.494 e. The van der Waals surface area contributed by atoms with Crippen LogP contribution in [-0.4, -0.2) is 24.1 Å². The van der Waals surface area contributed by atoms with Gasteiger partial charge in [-0.15, -0.1) is 0 Å². The Balaban J connectivity index is 1.45. The molecule has 1 N–H and O–H groups in total. The number of nitrogens with zero attached hydrogens (tertiary/aromatic N) is 1. The van der Waals surface area contributed by atoms with Gasteiger partial charge < -0.3 is 14.8 Å². The van der Waals surface area contributed by atoms with E-state index in [4.69, 9.17) is 21.1 Å². The zero-order valence-electron chi connectivity index (χ0n) is 15.7. The minimum atomic E-state index is -0.0711. The molecule has 28 heavy (non-hydrogen) atoms. The molecule has 5 nitrogen and oxygen atoms in total. The van der Waals surface area contributed by atoms with Crippen LogP contribution in [0.4, 0.5) is 5.13 Å². The summed E-state index contributed by atoms with van der Waals surface area (Å²) in [7, 11) is 0. The average Bonchev–Trinajstić information content (AvgIpc) is 3.08. The predicted molar refractivity (Wildman–Crippen MR) is 115 cm³/mol. The Kier molecular flexibility index (Phi) is 7.51. The van der Waals surface area contributed by atoms with E-state index in [1.54, 1.807) is 12.1 Å². The molecule has 3 rings (SSSR count). The molecule has 0 atom stereocenters. The lowest BCUT2D eigenvalue weighted by Gasteiger charge is -2.06. The van der Waals surface area contributed by atoms with Gasteiger partial charge in [0.2, 0.25) is 5.91 Å². The predicted octanol–water partition coefficient (Wildman–Crippen LogP) is 5.93. The molecule has 0 aliphatic heterocycles. The smallest absolute Gasteiger partial charge is 0.226 e. The first kappa shape index (κ1) is 20.4. The number of anilines is 1. The van der Waals surface area contributed by atoms with E-state index in [-0.39, 0.29) is 5.91 Å². The number of fused-ring (bicyclic) bond motifs is 1. The molecule has 0 spiro atoms. The first-order valence-electron chi connectivity index (χ1n) is 9.35. The second-order valence-corrected chi connectivity index (χ2v) is 7.77. The van der Waals surface area contributed by atoms with Crippen molar-refractivity contribution in [3.63, 3.8) is 0 Å². The third kappa shape index (κ3) is 6.11. The summed E-state index contributed by atoms with van der Waals surface area (Å²) in [4.78, 5) is 16.6. The van der Waals surface area contributed by atoms with E-state index in [1.165, 1.54) is 11.3 Å². The summed E-state index contributed by atoms with van der Waals surface area (Å²) in [6.45, 7) is 3.31. The van der Waals surface area contributed by atoms with Gasteiger partial charge in [-0.25, -0.2) is 4.98 Å². The van der Waals surface area contributed by atoms with E-state index in [1.807, 2.05) is 30.3 Å². The lowest BCUT2D eigenvalue weighted by atomic mass is 10.3. The van der Waals surface area contributed by atoms with Crippen LogP contribution in [0.2, 0.25) is 5.02 Å². The Morgan fingerprint density at radius 3 is 2.57 bits per heavy atom. The normalized spacial score (nSPS) is 10.8. The number of rotatable bonds is 10.